The summed E-state index contributed by atoms with van der Waals surface area (Å²) in [6.07, 6.45) is 0. The molecule has 1 amide bonds. The van der Waals surface area contributed by atoms with E-state index in [4.69, 9.17) is 16.7 Å². The van der Waals surface area contributed by atoms with Crippen molar-refractivity contribution in [2.24, 2.45) is 0 Å². The fourth-order valence-electron chi connectivity index (χ4n) is 1.44. The molecule has 112 valence electrons. The SMILES string of the molecule is CC(CO)NC(=O)CN(C)S(=O)(=O)c1ccc(Cl)cc1. The van der Waals surface area contributed by atoms with E-state index >= 15 is 0 Å². The van der Waals surface area contributed by atoms with E-state index in [1.807, 2.05) is 0 Å². The molecule has 2 N–H and O–H groups in total. The highest BCUT2D eigenvalue weighted by atomic mass is 35.5. The number of nitrogens with one attached hydrogen (secondary N) is 1. The number of sulfonamides is 1. The van der Waals surface area contributed by atoms with Crippen LogP contribution in [0.4, 0.5) is 0 Å². The van der Waals surface area contributed by atoms with Crippen molar-refractivity contribution in [3.8, 4) is 0 Å². The first-order valence-corrected chi connectivity index (χ1v) is 7.71. The van der Waals surface area contributed by atoms with Crippen LogP contribution in [0, 0.1) is 0 Å². The molecule has 0 bridgehead atoms. The first kappa shape index (κ1) is 16.9. The van der Waals surface area contributed by atoms with Crippen LogP contribution in [0.2, 0.25) is 5.02 Å². The van der Waals surface area contributed by atoms with Gasteiger partial charge in [-0.25, -0.2) is 8.42 Å². The van der Waals surface area contributed by atoms with Crippen molar-refractivity contribution in [3.63, 3.8) is 0 Å². The summed E-state index contributed by atoms with van der Waals surface area (Å²) in [6, 6.07) is 5.27. The van der Waals surface area contributed by atoms with Crippen molar-refractivity contribution in [3.05, 3.63) is 29.3 Å². The minimum Gasteiger partial charge on any atom is -0.394 e. The molecule has 0 aliphatic rings. The molecule has 8 heteroatoms. The van der Waals surface area contributed by atoms with Gasteiger partial charge >= 0.3 is 0 Å². The zero-order valence-corrected chi connectivity index (χ0v) is 12.8. The van der Waals surface area contributed by atoms with E-state index in [1.54, 1.807) is 6.92 Å². The lowest BCUT2D eigenvalue weighted by Gasteiger charge is -2.18. The number of nitrogens with zero attached hydrogens (tertiary/aromatic N) is 1. The second kappa shape index (κ2) is 7.03. The van der Waals surface area contributed by atoms with Gasteiger partial charge in [-0.05, 0) is 31.2 Å². The summed E-state index contributed by atoms with van der Waals surface area (Å²) in [5.41, 5.74) is 0. The number of benzene rings is 1. The summed E-state index contributed by atoms with van der Waals surface area (Å²) in [4.78, 5) is 11.7. The summed E-state index contributed by atoms with van der Waals surface area (Å²) in [7, 11) is -2.43. The van der Waals surface area contributed by atoms with Crippen LogP contribution >= 0.6 is 11.6 Å². The standard InChI is InChI=1S/C12H17ClN2O4S/c1-9(8-16)14-12(17)7-15(2)20(18,19)11-5-3-10(13)4-6-11/h3-6,9,16H,7-8H2,1-2H3,(H,14,17). The first-order valence-electron chi connectivity index (χ1n) is 5.89. The highest BCUT2D eigenvalue weighted by Gasteiger charge is 2.23. The van der Waals surface area contributed by atoms with Gasteiger partial charge < -0.3 is 10.4 Å². The molecule has 0 fully saturated rings. The molecule has 1 rings (SSSR count). The van der Waals surface area contributed by atoms with Crippen molar-refractivity contribution in [1.82, 2.24) is 9.62 Å². The Morgan fingerprint density at radius 1 is 1.40 bits per heavy atom. The van der Waals surface area contributed by atoms with E-state index in [9.17, 15) is 13.2 Å². The summed E-state index contributed by atoms with van der Waals surface area (Å²) >= 11 is 5.70. The summed E-state index contributed by atoms with van der Waals surface area (Å²) < 4.78 is 25.3. The molecule has 1 aromatic carbocycles. The van der Waals surface area contributed by atoms with Crippen LogP contribution in [0.15, 0.2) is 29.2 Å². The molecule has 0 aromatic heterocycles. The van der Waals surface area contributed by atoms with E-state index in [-0.39, 0.29) is 18.0 Å². The average Bonchev–Trinajstić information content (AvgIpc) is 2.38. The molecule has 20 heavy (non-hydrogen) atoms. The summed E-state index contributed by atoms with van der Waals surface area (Å²) in [6.45, 7) is 1.08. The third kappa shape index (κ3) is 4.45. The van der Waals surface area contributed by atoms with Crippen molar-refractivity contribution < 1.29 is 18.3 Å². The summed E-state index contributed by atoms with van der Waals surface area (Å²) in [5.74, 6) is -0.480. The Balaban J connectivity index is 2.77. The lowest BCUT2D eigenvalue weighted by Crippen LogP contribution is -2.42. The molecular weight excluding hydrogens is 304 g/mol. The molecule has 0 spiro atoms. The molecular formula is C12H17ClN2O4S. The van der Waals surface area contributed by atoms with E-state index in [1.165, 1.54) is 31.3 Å². The zero-order valence-electron chi connectivity index (χ0n) is 11.2. The van der Waals surface area contributed by atoms with Crippen molar-refractivity contribution in [2.45, 2.75) is 17.9 Å². The largest absolute Gasteiger partial charge is 0.394 e. The fraction of sp³-hybridized carbons (Fsp3) is 0.417. The highest BCUT2D eigenvalue weighted by molar-refractivity contribution is 7.89. The Morgan fingerprint density at radius 2 is 1.95 bits per heavy atom. The van der Waals surface area contributed by atoms with E-state index in [0.29, 0.717) is 5.02 Å². The van der Waals surface area contributed by atoms with Gasteiger partial charge in [0.1, 0.15) is 0 Å². The van der Waals surface area contributed by atoms with Crippen LogP contribution in [-0.2, 0) is 14.8 Å². The quantitative estimate of drug-likeness (QED) is 0.797. The van der Waals surface area contributed by atoms with E-state index in [0.717, 1.165) is 4.31 Å². The Labute approximate surface area is 123 Å². The maximum absolute atomic E-state index is 12.2. The lowest BCUT2D eigenvalue weighted by molar-refractivity contribution is -0.122. The minimum absolute atomic E-state index is 0.0624. The van der Waals surface area contributed by atoms with Gasteiger partial charge in [0, 0.05) is 18.1 Å². The molecule has 1 unspecified atom stereocenters. The smallest absolute Gasteiger partial charge is 0.243 e. The zero-order chi connectivity index (χ0) is 15.3. The number of amides is 1. The van der Waals surface area contributed by atoms with Gasteiger partial charge in [-0.3, -0.25) is 4.79 Å². The highest BCUT2D eigenvalue weighted by Crippen LogP contribution is 2.17. The number of halogens is 1. The molecule has 6 nitrogen and oxygen atoms in total. The number of rotatable bonds is 6. The molecule has 0 saturated carbocycles. The normalized spacial score (nSPS) is 13.2. The van der Waals surface area contributed by atoms with E-state index in [2.05, 4.69) is 5.32 Å². The Bertz CT molecular complexity index is 559. The van der Waals surface area contributed by atoms with Gasteiger partial charge in [0.05, 0.1) is 18.0 Å². The average molecular weight is 321 g/mol. The molecule has 1 atom stereocenters. The third-order valence-corrected chi connectivity index (χ3v) is 4.64. The number of likely N-dealkylation sites (N-methyl/N-ethyl adjacent to an activating group) is 1. The van der Waals surface area contributed by atoms with Gasteiger partial charge in [-0.15, -0.1) is 0 Å². The maximum Gasteiger partial charge on any atom is 0.243 e. The monoisotopic (exact) mass is 320 g/mol. The van der Waals surface area contributed by atoms with Crippen molar-refractivity contribution >= 4 is 27.5 Å². The summed E-state index contributed by atoms with van der Waals surface area (Å²) in [5, 5.41) is 11.7. The van der Waals surface area contributed by atoms with Crippen LogP contribution in [0.5, 0.6) is 0 Å². The first-order chi connectivity index (χ1) is 9.27. The molecule has 0 saturated heterocycles. The fourth-order valence-corrected chi connectivity index (χ4v) is 2.69. The number of aliphatic hydroxyl groups excluding tert-OH is 1. The Morgan fingerprint density at radius 3 is 2.45 bits per heavy atom. The predicted molar refractivity (Wildman–Crippen MR) is 76.0 cm³/mol. The van der Waals surface area contributed by atoms with E-state index < -0.39 is 22.0 Å². The third-order valence-electron chi connectivity index (χ3n) is 2.57. The topological polar surface area (TPSA) is 86.7 Å². The van der Waals surface area contributed by atoms with Gasteiger partial charge in [0.25, 0.3) is 0 Å². The van der Waals surface area contributed by atoms with Crippen LogP contribution in [-0.4, -0.2) is 50.0 Å². The van der Waals surface area contributed by atoms with Crippen molar-refractivity contribution in [2.75, 3.05) is 20.2 Å². The minimum atomic E-state index is -3.74. The Hall–Kier alpha value is -1.15. The number of carbonyl (C=O) groups is 1. The number of hydrogen-bond acceptors (Lipinski definition) is 4. The predicted octanol–water partition coefficient (Wildman–Crippen LogP) is 0.458. The maximum atomic E-state index is 12.2. The van der Waals surface area contributed by atoms with Gasteiger partial charge in [0.15, 0.2) is 0 Å². The molecule has 0 radical (unpaired) electrons. The molecule has 1 aromatic rings. The van der Waals surface area contributed by atoms with Crippen LogP contribution in [0.3, 0.4) is 0 Å². The number of hydrogen-bond donors (Lipinski definition) is 2. The Kier molecular flexibility index (Phi) is 5.94. The van der Waals surface area contributed by atoms with Crippen LogP contribution in [0.1, 0.15) is 6.92 Å². The molecule has 0 aliphatic carbocycles. The van der Waals surface area contributed by atoms with Crippen LogP contribution in [0.25, 0.3) is 0 Å². The van der Waals surface area contributed by atoms with Crippen molar-refractivity contribution in [1.29, 1.82) is 0 Å². The second-order valence-electron chi connectivity index (χ2n) is 4.37. The lowest BCUT2D eigenvalue weighted by atomic mass is 10.3. The van der Waals surface area contributed by atoms with Crippen LogP contribution < -0.4 is 5.32 Å². The second-order valence-corrected chi connectivity index (χ2v) is 6.85. The van der Waals surface area contributed by atoms with Gasteiger partial charge in [-0.1, -0.05) is 11.6 Å². The number of aliphatic hydroxyl groups is 1. The van der Waals surface area contributed by atoms with Gasteiger partial charge in [-0.2, -0.15) is 4.31 Å². The molecule has 0 aliphatic heterocycles. The molecule has 0 heterocycles. The number of carbonyl (C=O) groups excluding carboxylic acids is 1. The van der Waals surface area contributed by atoms with Gasteiger partial charge in [0.2, 0.25) is 15.9 Å².